The van der Waals surface area contributed by atoms with Crippen LogP contribution < -0.4 is 5.32 Å². The van der Waals surface area contributed by atoms with Crippen LogP contribution in [0, 0.1) is 19.7 Å². The molecule has 0 aliphatic rings. The van der Waals surface area contributed by atoms with Gasteiger partial charge >= 0.3 is 5.97 Å². The number of hydrogen-bond donors (Lipinski definition) is 1. The zero-order valence-electron chi connectivity index (χ0n) is 13.8. The molecule has 0 atom stereocenters. The Hall–Kier alpha value is -2.25. The molecule has 0 saturated heterocycles. The summed E-state index contributed by atoms with van der Waals surface area (Å²) in [5.74, 6) is -0.00106. The van der Waals surface area contributed by atoms with E-state index < -0.39 is 11.8 Å². The van der Waals surface area contributed by atoms with E-state index in [1.54, 1.807) is 6.07 Å². The average molecular weight is 380 g/mol. The van der Waals surface area contributed by atoms with Crippen LogP contribution in [0.1, 0.15) is 16.3 Å². The summed E-state index contributed by atoms with van der Waals surface area (Å²) in [5.41, 5.74) is 1.65. The number of thiophene rings is 1. The Morgan fingerprint density at radius 3 is 2.80 bits per heavy atom. The van der Waals surface area contributed by atoms with E-state index in [0.29, 0.717) is 17.3 Å². The number of carbonyl (C=O) groups excluding carboxylic acids is 1. The number of ether oxygens (including phenoxy) is 1. The number of anilines is 2. The number of methoxy groups -OCH3 is 1. The molecule has 8 heteroatoms. The lowest BCUT2D eigenvalue weighted by atomic mass is 10.2. The van der Waals surface area contributed by atoms with Crippen LogP contribution >= 0.6 is 22.9 Å². The van der Waals surface area contributed by atoms with Crippen molar-refractivity contribution in [1.29, 1.82) is 0 Å². The highest BCUT2D eigenvalue weighted by molar-refractivity contribution is 7.18. The van der Waals surface area contributed by atoms with Crippen LogP contribution in [0.5, 0.6) is 0 Å². The maximum atomic E-state index is 13.4. The number of rotatable bonds is 4. The Kier molecular flexibility index (Phi) is 4.87. The molecule has 25 heavy (non-hydrogen) atoms. The largest absolute Gasteiger partial charge is 0.469 e. The highest BCUT2D eigenvalue weighted by Crippen LogP contribution is 2.35. The monoisotopic (exact) mass is 379 g/mol. The van der Waals surface area contributed by atoms with E-state index >= 15 is 0 Å². The van der Waals surface area contributed by atoms with Gasteiger partial charge in [-0.05, 0) is 37.6 Å². The Morgan fingerprint density at radius 1 is 1.36 bits per heavy atom. The molecule has 1 aromatic carbocycles. The smallest absolute Gasteiger partial charge is 0.313 e. The number of fused-ring (bicyclic) bond motifs is 1. The number of carbonyl (C=O) groups is 1. The molecule has 0 radical (unpaired) electrons. The first-order chi connectivity index (χ1) is 11.9. The van der Waals surface area contributed by atoms with E-state index in [-0.39, 0.29) is 11.4 Å². The van der Waals surface area contributed by atoms with Gasteiger partial charge < -0.3 is 10.1 Å². The lowest BCUT2D eigenvalue weighted by Gasteiger charge is -2.10. The average Bonchev–Trinajstić information content (AvgIpc) is 2.85. The normalized spacial score (nSPS) is 10.9. The third-order valence-corrected chi connectivity index (χ3v) is 5.18. The van der Waals surface area contributed by atoms with E-state index in [4.69, 9.17) is 11.6 Å². The summed E-state index contributed by atoms with van der Waals surface area (Å²) in [4.78, 5) is 22.4. The molecule has 0 amide bonds. The molecule has 5 nitrogen and oxygen atoms in total. The summed E-state index contributed by atoms with van der Waals surface area (Å²) in [6.07, 6.45) is -0.0265. The van der Waals surface area contributed by atoms with Gasteiger partial charge in [-0.25, -0.2) is 14.4 Å². The van der Waals surface area contributed by atoms with Crippen molar-refractivity contribution >= 4 is 50.6 Å². The fraction of sp³-hybridized carbons (Fsp3) is 0.235. The number of halogens is 2. The van der Waals surface area contributed by atoms with Crippen molar-refractivity contribution in [1.82, 2.24) is 9.97 Å². The van der Waals surface area contributed by atoms with Gasteiger partial charge in [-0.3, -0.25) is 4.79 Å². The Balaban J connectivity index is 2.09. The molecule has 2 heterocycles. The first kappa shape index (κ1) is 17.6. The minimum Gasteiger partial charge on any atom is -0.469 e. The van der Waals surface area contributed by atoms with Gasteiger partial charge in [0.15, 0.2) is 0 Å². The number of benzene rings is 1. The van der Waals surface area contributed by atoms with Crippen molar-refractivity contribution in [2.75, 3.05) is 12.4 Å². The molecule has 0 aliphatic heterocycles. The van der Waals surface area contributed by atoms with Crippen molar-refractivity contribution in [3.8, 4) is 0 Å². The zero-order valence-corrected chi connectivity index (χ0v) is 15.4. The van der Waals surface area contributed by atoms with Crippen molar-refractivity contribution < 1.29 is 13.9 Å². The summed E-state index contributed by atoms with van der Waals surface area (Å²) in [7, 11) is 1.32. The molecule has 0 aliphatic carbocycles. The van der Waals surface area contributed by atoms with Crippen LogP contribution in [-0.2, 0) is 16.0 Å². The highest BCUT2D eigenvalue weighted by atomic mass is 35.5. The van der Waals surface area contributed by atoms with Crippen molar-refractivity contribution in [2.45, 2.75) is 20.3 Å². The molecule has 0 spiro atoms. The predicted molar refractivity (Wildman–Crippen MR) is 97.3 cm³/mol. The van der Waals surface area contributed by atoms with Crippen molar-refractivity contribution in [3.63, 3.8) is 0 Å². The van der Waals surface area contributed by atoms with Gasteiger partial charge in [-0.1, -0.05) is 11.6 Å². The molecule has 3 aromatic rings. The predicted octanol–water partition coefficient (Wildman–Crippen LogP) is 4.56. The molecular formula is C17H15ClFN3O2S. The van der Waals surface area contributed by atoms with Crippen molar-refractivity contribution in [3.05, 3.63) is 45.3 Å². The van der Waals surface area contributed by atoms with Crippen LogP contribution in [0.15, 0.2) is 18.2 Å². The van der Waals surface area contributed by atoms with Crippen LogP contribution in [0.25, 0.3) is 10.2 Å². The zero-order chi connectivity index (χ0) is 18.1. The molecule has 1 N–H and O–H groups in total. The standard InChI is InChI=1S/C17H15ClFN3O2S/c1-8-9(2)25-17-15(8)16(21-13(22-17)7-14(23)24-3)20-10-4-5-12(19)11(18)6-10/h4-6H,7H2,1-3H3,(H,20,21,22). The molecule has 3 rings (SSSR count). The molecule has 130 valence electrons. The lowest BCUT2D eigenvalue weighted by Crippen LogP contribution is -2.09. The number of esters is 1. The number of hydrogen-bond acceptors (Lipinski definition) is 6. The summed E-state index contributed by atoms with van der Waals surface area (Å²) < 4.78 is 18.1. The van der Waals surface area contributed by atoms with E-state index in [0.717, 1.165) is 20.7 Å². The van der Waals surface area contributed by atoms with Crippen LogP contribution in [0.4, 0.5) is 15.9 Å². The highest BCUT2D eigenvalue weighted by Gasteiger charge is 2.17. The summed E-state index contributed by atoms with van der Waals surface area (Å²) >= 11 is 7.37. The molecule has 0 unspecified atom stereocenters. The Morgan fingerprint density at radius 2 is 2.12 bits per heavy atom. The molecular weight excluding hydrogens is 365 g/mol. The van der Waals surface area contributed by atoms with Gasteiger partial charge in [0.1, 0.15) is 28.7 Å². The van der Waals surface area contributed by atoms with E-state index in [1.165, 1.54) is 30.6 Å². The summed E-state index contributed by atoms with van der Waals surface area (Å²) in [6, 6.07) is 4.34. The first-order valence-electron chi connectivity index (χ1n) is 7.44. The third kappa shape index (κ3) is 3.57. The number of nitrogens with zero attached hydrogens (tertiary/aromatic N) is 2. The van der Waals surface area contributed by atoms with E-state index in [2.05, 4.69) is 20.0 Å². The quantitative estimate of drug-likeness (QED) is 0.673. The van der Waals surface area contributed by atoms with Crippen LogP contribution in [0.3, 0.4) is 0 Å². The second kappa shape index (κ2) is 6.93. The number of nitrogens with one attached hydrogen (secondary N) is 1. The minimum atomic E-state index is -0.492. The van der Waals surface area contributed by atoms with E-state index in [9.17, 15) is 9.18 Å². The SMILES string of the molecule is COC(=O)Cc1nc(Nc2ccc(F)c(Cl)c2)c2c(C)c(C)sc2n1. The second-order valence-electron chi connectivity index (χ2n) is 5.46. The molecule has 2 aromatic heterocycles. The maximum absolute atomic E-state index is 13.4. The van der Waals surface area contributed by atoms with Gasteiger partial charge in [0.2, 0.25) is 0 Å². The fourth-order valence-corrected chi connectivity index (χ4v) is 3.60. The Bertz CT molecular complexity index is 974. The van der Waals surface area contributed by atoms with Gasteiger partial charge in [-0.15, -0.1) is 11.3 Å². The first-order valence-corrected chi connectivity index (χ1v) is 8.64. The Labute approximate surface area is 152 Å². The summed E-state index contributed by atoms with van der Waals surface area (Å²) in [6.45, 7) is 3.99. The van der Waals surface area contributed by atoms with Gasteiger partial charge in [0.05, 0.1) is 17.5 Å². The van der Waals surface area contributed by atoms with Gasteiger partial charge in [0, 0.05) is 10.6 Å². The van der Waals surface area contributed by atoms with Crippen LogP contribution in [-0.4, -0.2) is 23.0 Å². The lowest BCUT2D eigenvalue weighted by molar-refractivity contribution is -0.139. The second-order valence-corrected chi connectivity index (χ2v) is 7.07. The van der Waals surface area contributed by atoms with Gasteiger partial charge in [0.25, 0.3) is 0 Å². The minimum absolute atomic E-state index is 0.0169. The topological polar surface area (TPSA) is 64.1 Å². The molecule has 0 bridgehead atoms. The fourth-order valence-electron chi connectivity index (χ4n) is 2.38. The molecule has 0 fully saturated rings. The number of aromatic nitrogens is 2. The number of aryl methyl sites for hydroxylation is 2. The maximum Gasteiger partial charge on any atom is 0.313 e. The van der Waals surface area contributed by atoms with Crippen molar-refractivity contribution in [2.24, 2.45) is 0 Å². The third-order valence-electron chi connectivity index (χ3n) is 3.79. The van der Waals surface area contributed by atoms with Crippen LogP contribution in [0.2, 0.25) is 5.02 Å². The van der Waals surface area contributed by atoms with E-state index in [1.807, 2.05) is 13.8 Å². The van der Waals surface area contributed by atoms with Gasteiger partial charge in [-0.2, -0.15) is 0 Å². The summed E-state index contributed by atoms with van der Waals surface area (Å²) in [5, 5.41) is 4.04. The molecule has 0 saturated carbocycles.